The van der Waals surface area contributed by atoms with E-state index >= 15 is 0 Å². The summed E-state index contributed by atoms with van der Waals surface area (Å²) in [6, 6.07) is 9.65. The van der Waals surface area contributed by atoms with Crippen molar-refractivity contribution in [2.75, 3.05) is 44.2 Å². The van der Waals surface area contributed by atoms with Gasteiger partial charge in [0.15, 0.2) is 0 Å². The van der Waals surface area contributed by atoms with E-state index in [1.165, 1.54) is 5.69 Å². The van der Waals surface area contributed by atoms with Crippen LogP contribution in [0.4, 0.5) is 5.69 Å². The summed E-state index contributed by atoms with van der Waals surface area (Å²) in [5, 5.41) is 10.9. The van der Waals surface area contributed by atoms with Crippen molar-refractivity contribution < 1.29 is 9.84 Å². The van der Waals surface area contributed by atoms with Crippen molar-refractivity contribution in [3.8, 4) is 5.75 Å². The minimum absolute atomic E-state index is 0. The molecule has 28 heavy (non-hydrogen) atoms. The lowest BCUT2D eigenvalue weighted by Gasteiger charge is -2.36. The Morgan fingerprint density at radius 3 is 2.43 bits per heavy atom. The molecule has 0 spiro atoms. The van der Waals surface area contributed by atoms with Crippen molar-refractivity contribution in [1.29, 1.82) is 0 Å². The van der Waals surface area contributed by atoms with Crippen molar-refractivity contribution in [2.45, 2.75) is 19.4 Å². The molecular formula is C20H28Cl3N3O2. The summed E-state index contributed by atoms with van der Waals surface area (Å²) >= 11 is 6.01. The second-order valence-electron chi connectivity index (χ2n) is 6.70. The highest BCUT2D eigenvalue weighted by atomic mass is 35.5. The number of hydrogen-bond donors (Lipinski definition) is 1. The Morgan fingerprint density at radius 2 is 1.79 bits per heavy atom. The standard InChI is InChI=1S/C20H26ClN3O2.2ClH/c1-16-14-19(2-3-20(16)21)26-15-18(25)6-9-23-10-12-24(13-11-23)17-4-7-22-8-5-17;;/h2-5,7-8,14,18,25H,6,9-13,15H2,1H3;2*1H. The third kappa shape index (κ3) is 7.30. The lowest BCUT2D eigenvalue weighted by molar-refractivity contribution is 0.0866. The Balaban J connectivity index is 0.00000196. The van der Waals surface area contributed by atoms with Crippen LogP contribution in [0.25, 0.3) is 0 Å². The van der Waals surface area contributed by atoms with E-state index in [0.717, 1.165) is 49.1 Å². The van der Waals surface area contributed by atoms with Gasteiger partial charge in [-0.3, -0.25) is 9.88 Å². The summed E-state index contributed by atoms with van der Waals surface area (Å²) in [5.41, 5.74) is 2.21. The topological polar surface area (TPSA) is 48.8 Å². The van der Waals surface area contributed by atoms with Crippen LogP contribution in [-0.2, 0) is 0 Å². The molecule has 2 aromatic rings. The van der Waals surface area contributed by atoms with E-state index in [0.29, 0.717) is 13.0 Å². The molecule has 1 aromatic carbocycles. The molecule has 0 bridgehead atoms. The molecule has 0 saturated carbocycles. The monoisotopic (exact) mass is 447 g/mol. The summed E-state index contributed by atoms with van der Waals surface area (Å²) in [5.74, 6) is 0.747. The lowest BCUT2D eigenvalue weighted by atomic mass is 10.2. The first kappa shape index (κ1) is 24.8. The molecule has 1 fully saturated rings. The molecule has 1 aliphatic rings. The largest absolute Gasteiger partial charge is 0.491 e. The summed E-state index contributed by atoms with van der Waals surface area (Å²) in [6.45, 7) is 7.14. The predicted molar refractivity (Wildman–Crippen MR) is 120 cm³/mol. The van der Waals surface area contributed by atoms with E-state index in [2.05, 4.69) is 26.9 Å². The third-order valence-electron chi connectivity index (χ3n) is 4.75. The number of piperazine rings is 1. The first-order valence-corrected chi connectivity index (χ1v) is 9.44. The highest BCUT2D eigenvalue weighted by Gasteiger charge is 2.18. The Labute approximate surface area is 184 Å². The summed E-state index contributed by atoms with van der Waals surface area (Å²) < 4.78 is 5.68. The fourth-order valence-corrected chi connectivity index (χ4v) is 3.22. The van der Waals surface area contributed by atoms with Crippen LogP contribution in [0.3, 0.4) is 0 Å². The predicted octanol–water partition coefficient (Wildman–Crippen LogP) is 3.84. The molecule has 0 amide bonds. The number of anilines is 1. The Bertz CT molecular complexity index is 698. The van der Waals surface area contributed by atoms with Crippen LogP contribution in [0.15, 0.2) is 42.7 Å². The maximum atomic E-state index is 10.2. The zero-order valence-electron chi connectivity index (χ0n) is 16.0. The SMILES string of the molecule is Cc1cc(OCC(O)CCN2CCN(c3ccncc3)CC2)ccc1Cl.Cl.Cl. The fourth-order valence-electron chi connectivity index (χ4n) is 3.10. The maximum absolute atomic E-state index is 10.2. The molecule has 2 heterocycles. The van der Waals surface area contributed by atoms with E-state index in [-0.39, 0.29) is 24.8 Å². The molecule has 0 radical (unpaired) electrons. The van der Waals surface area contributed by atoms with Gasteiger partial charge in [-0.1, -0.05) is 11.6 Å². The van der Waals surface area contributed by atoms with E-state index < -0.39 is 6.10 Å². The van der Waals surface area contributed by atoms with Crippen molar-refractivity contribution in [3.05, 3.63) is 53.3 Å². The van der Waals surface area contributed by atoms with Crippen LogP contribution >= 0.6 is 36.4 Å². The van der Waals surface area contributed by atoms with Gasteiger partial charge in [0.05, 0.1) is 6.10 Å². The van der Waals surface area contributed by atoms with Crippen molar-refractivity contribution in [2.24, 2.45) is 0 Å². The molecule has 0 aliphatic carbocycles. The van der Waals surface area contributed by atoms with Crippen LogP contribution in [0.2, 0.25) is 5.02 Å². The van der Waals surface area contributed by atoms with Crippen LogP contribution in [0.5, 0.6) is 5.75 Å². The number of rotatable bonds is 7. The molecule has 8 heteroatoms. The lowest BCUT2D eigenvalue weighted by Crippen LogP contribution is -2.47. The molecular weight excluding hydrogens is 421 g/mol. The zero-order valence-corrected chi connectivity index (χ0v) is 18.3. The Kier molecular flexibility index (Phi) is 10.9. The quantitative estimate of drug-likeness (QED) is 0.697. The van der Waals surface area contributed by atoms with Crippen molar-refractivity contribution in [3.63, 3.8) is 0 Å². The van der Waals surface area contributed by atoms with Gasteiger partial charge in [0.2, 0.25) is 0 Å². The number of aromatic nitrogens is 1. The number of aryl methyl sites for hydroxylation is 1. The van der Waals surface area contributed by atoms with Gasteiger partial charge >= 0.3 is 0 Å². The number of aliphatic hydroxyl groups is 1. The van der Waals surface area contributed by atoms with E-state index in [1.807, 2.05) is 37.5 Å². The minimum atomic E-state index is -0.468. The van der Waals surface area contributed by atoms with Crippen LogP contribution in [0, 0.1) is 6.92 Å². The number of ether oxygens (including phenoxy) is 1. The molecule has 5 nitrogen and oxygen atoms in total. The molecule has 1 aromatic heterocycles. The van der Waals surface area contributed by atoms with E-state index in [1.54, 1.807) is 0 Å². The molecule has 1 unspecified atom stereocenters. The Morgan fingerprint density at radius 1 is 1.11 bits per heavy atom. The normalized spacial score (nSPS) is 15.3. The number of aliphatic hydroxyl groups excluding tert-OH is 1. The molecule has 3 rings (SSSR count). The molecule has 1 atom stereocenters. The number of nitrogens with zero attached hydrogens (tertiary/aromatic N) is 3. The van der Waals surface area contributed by atoms with Crippen LogP contribution < -0.4 is 9.64 Å². The average Bonchev–Trinajstić information content (AvgIpc) is 2.68. The van der Waals surface area contributed by atoms with Gasteiger partial charge in [0.25, 0.3) is 0 Å². The maximum Gasteiger partial charge on any atom is 0.119 e. The van der Waals surface area contributed by atoms with Gasteiger partial charge in [-0.2, -0.15) is 0 Å². The number of halogens is 3. The summed E-state index contributed by atoms with van der Waals surface area (Å²) in [7, 11) is 0. The summed E-state index contributed by atoms with van der Waals surface area (Å²) in [4.78, 5) is 8.84. The fraction of sp³-hybridized carbons (Fsp3) is 0.450. The van der Waals surface area contributed by atoms with Crippen LogP contribution in [-0.4, -0.2) is 60.4 Å². The van der Waals surface area contributed by atoms with Gasteiger partial charge in [0, 0.05) is 55.8 Å². The number of hydrogen-bond acceptors (Lipinski definition) is 5. The second kappa shape index (κ2) is 12.3. The molecule has 1 N–H and O–H groups in total. The van der Waals surface area contributed by atoms with Crippen molar-refractivity contribution >= 4 is 42.1 Å². The van der Waals surface area contributed by atoms with E-state index in [9.17, 15) is 5.11 Å². The first-order chi connectivity index (χ1) is 12.6. The van der Waals surface area contributed by atoms with Crippen molar-refractivity contribution in [1.82, 2.24) is 9.88 Å². The van der Waals surface area contributed by atoms with E-state index in [4.69, 9.17) is 16.3 Å². The third-order valence-corrected chi connectivity index (χ3v) is 5.17. The minimum Gasteiger partial charge on any atom is -0.491 e. The van der Waals surface area contributed by atoms with Crippen LogP contribution in [0.1, 0.15) is 12.0 Å². The zero-order chi connectivity index (χ0) is 18.4. The highest BCUT2D eigenvalue weighted by Crippen LogP contribution is 2.21. The smallest absolute Gasteiger partial charge is 0.119 e. The molecule has 1 aliphatic heterocycles. The number of benzene rings is 1. The van der Waals surface area contributed by atoms with Gasteiger partial charge in [-0.15, -0.1) is 24.8 Å². The van der Waals surface area contributed by atoms with Gasteiger partial charge in [-0.05, 0) is 49.2 Å². The average molecular weight is 449 g/mol. The van der Waals surface area contributed by atoms with Gasteiger partial charge in [0.1, 0.15) is 12.4 Å². The first-order valence-electron chi connectivity index (χ1n) is 9.06. The molecule has 1 saturated heterocycles. The van der Waals surface area contributed by atoms with Gasteiger partial charge in [-0.25, -0.2) is 0 Å². The summed E-state index contributed by atoms with van der Waals surface area (Å²) in [6.07, 6.45) is 3.91. The Hall–Kier alpha value is -1.24. The molecule has 156 valence electrons. The highest BCUT2D eigenvalue weighted by molar-refractivity contribution is 6.31. The number of pyridine rings is 1. The van der Waals surface area contributed by atoms with Gasteiger partial charge < -0.3 is 14.7 Å². The second-order valence-corrected chi connectivity index (χ2v) is 7.11.